The third-order valence-electron chi connectivity index (χ3n) is 5.55. The standard InChI is InChI=1S/C22H26N4O/c1-5-25-13-17(12-23-25)19-11-18(22(27)26-8-6-7-16(26)4)21-15(3)9-14(2)10-20(21)24-19/h9-13,16H,5-8H2,1-4H3/t16-/m1/s1. The molecule has 5 nitrogen and oxygen atoms in total. The third-order valence-corrected chi connectivity index (χ3v) is 5.55. The van der Waals surface area contributed by atoms with Crippen LogP contribution >= 0.6 is 0 Å². The summed E-state index contributed by atoms with van der Waals surface area (Å²) in [6.45, 7) is 9.97. The van der Waals surface area contributed by atoms with Gasteiger partial charge in [-0.2, -0.15) is 5.10 Å². The van der Waals surface area contributed by atoms with Crippen LogP contribution in [0.1, 0.15) is 48.2 Å². The Morgan fingerprint density at radius 3 is 2.74 bits per heavy atom. The van der Waals surface area contributed by atoms with Crippen molar-refractivity contribution in [2.24, 2.45) is 0 Å². The van der Waals surface area contributed by atoms with Crippen LogP contribution in [0.4, 0.5) is 0 Å². The second kappa shape index (κ2) is 6.80. The van der Waals surface area contributed by atoms with Crippen molar-refractivity contribution in [2.75, 3.05) is 6.54 Å². The van der Waals surface area contributed by atoms with Crippen LogP contribution in [0, 0.1) is 13.8 Å². The van der Waals surface area contributed by atoms with Gasteiger partial charge in [-0.15, -0.1) is 0 Å². The van der Waals surface area contributed by atoms with E-state index in [-0.39, 0.29) is 11.9 Å². The maximum Gasteiger partial charge on any atom is 0.254 e. The summed E-state index contributed by atoms with van der Waals surface area (Å²) in [6.07, 6.45) is 5.96. The lowest BCUT2D eigenvalue weighted by Crippen LogP contribution is -2.33. The van der Waals surface area contributed by atoms with Gasteiger partial charge in [-0.25, -0.2) is 4.98 Å². The minimum Gasteiger partial charge on any atom is -0.336 e. The number of amides is 1. The fourth-order valence-electron chi connectivity index (χ4n) is 4.13. The fourth-order valence-corrected chi connectivity index (χ4v) is 4.13. The number of fused-ring (bicyclic) bond motifs is 1. The summed E-state index contributed by atoms with van der Waals surface area (Å²) in [4.78, 5) is 20.3. The minimum atomic E-state index is 0.114. The van der Waals surface area contributed by atoms with Crippen molar-refractivity contribution in [1.82, 2.24) is 19.7 Å². The molecule has 1 aliphatic rings. The van der Waals surface area contributed by atoms with E-state index in [1.807, 2.05) is 28.0 Å². The molecule has 1 aliphatic heterocycles. The predicted octanol–water partition coefficient (Wildman–Crippen LogP) is 4.36. The maximum atomic E-state index is 13.4. The van der Waals surface area contributed by atoms with Gasteiger partial charge in [0.05, 0.1) is 23.0 Å². The van der Waals surface area contributed by atoms with Crippen LogP contribution in [0.2, 0.25) is 0 Å². The van der Waals surface area contributed by atoms with E-state index in [0.29, 0.717) is 0 Å². The zero-order valence-corrected chi connectivity index (χ0v) is 16.5. The quantitative estimate of drug-likeness (QED) is 0.696. The molecule has 0 saturated carbocycles. The Labute approximate surface area is 160 Å². The molecule has 0 aliphatic carbocycles. The molecule has 5 heteroatoms. The highest BCUT2D eigenvalue weighted by Gasteiger charge is 2.28. The SMILES string of the molecule is CCn1cc(-c2cc(C(=O)N3CCC[C@H]3C)c3c(C)cc(C)cc3n2)cn1. The number of likely N-dealkylation sites (tertiary alicyclic amines) is 1. The van der Waals surface area contributed by atoms with E-state index in [1.54, 1.807) is 0 Å². The average Bonchev–Trinajstić information content (AvgIpc) is 3.28. The molecule has 0 bridgehead atoms. The fraction of sp³-hybridized carbons (Fsp3) is 0.409. The second-order valence-corrected chi connectivity index (χ2v) is 7.61. The number of carbonyl (C=O) groups excluding carboxylic acids is 1. The van der Waals surface area contributed by atoms with Gasteiger partial charge in [0, 0.05) is 36.3 Å². The topological polar surface area (TPSA) is 51.0 Å². The number of pyridine rings is 1. The zero-order chi connectivity index (χ0) is 19.1. The Morgan fingerprint density at radius 1 is 1.26 bits per heavy atom. The Kier molecular flexibility index (Phi) is 4.46. The number of benzene rings is 1. The summed E-state index contributed by atoms with van der Waals surface area (Å²) in [5.74, 6) is 0.114. The van der Waals surface area contributed by atoms with E-state index in [2.05, 4.69) is 44.9 Å². The molecule has 0 N–H and O–H groups in total. The van der Waals surface area contributed by atoms with Crippen molar-refractivity contribution < 1.29 is 4.79 Å². The van der Waals surface area contributed by atoms with Crippen molar-refractivity contribution in [1.29, 1.82) is 0 Å². The summed E-state index contributed by atoms with van der Waals surface area (Å²) >= 11 is 0. The van der Waals surface area contributed by atoms with Gasteiger partial charge in [-0.05, 0) is 63.8 Å². The van der Waals surface area contributed by atoms with Crippen LogP contribution < -0.4 is 0 Å². The van der Waals surface area contributed by atoms with E-state index < -0.39 is 0 Å². The molecule has 0 spiro atoms. The van der Waals surface area contributed by atoms with Gasteiger partial charge in [-0.1, -0.05) is 6.07 Å². The Hall–Kier alpha value is -2.69. The van der Waals surface area contributed by atoms with Crippen LogP contribution in [-0.4, -0.2) is 38.2 Å². The number of nitrogens with zero attached hydrogens (tertiary/aromatic N) is 4. The average molecular weight is 362 g/mol. The molecule has 0 unspecified atom stereocenters. The molecule has 1 atom stereocenters. The third kappa shape index (κ3) is 3.11. The summed E-state index contributed by atoms with van der Waals surface area (Å²) in [6, 6.07) is 6.44. The minimum absolute atomic E-state index is 0.114. The molecule has 140 valence electrons. The van der Waals surface area contributed by atoms with Crippen molar-refractivity contribution in [3.05, 3.63) is 47.3 Å². The monoisotopic (exact) mass is 362 g/mol. The number of hydrogen-bond acceptors (Lipinski definition) is 3. The molecular formula is C22H26N4O. The highest BCUT2D eigenvalue weighted by Crippen LogP contribution is 2.30. The Morgan fingerprint density at radius 2 is 2.07 bits per heavy atom. The molecule has 3 aromatic rings. The van der Waals surface area contributed by atoms with Crippen LogP contribution in [0.25, 0.3) is 22.2 Å². The zero-order valence-electron chi connectivity index (χ0n) is 16.5. The lowest BCUT2D eigenvalue weighted by Gasteiger charge is -2.23. The first kappa shape index (κ1) is 17.7. The highest BCUT2D eigenvalue weighted by molar-refractivity contribution is 6.08. The van der Waals surface area contributed by atoms with Crippen molar-refractivity contribution in [3.8, 4) is 11.3 Å². The second-order valence-electron chi connectivity index (χ2n) is 7.61. The first-order valence-electron chi connectivity index (χ1n) is 9.73. The number of aryl methyl sites for hydroxylation is 3. The molecule has 1 aromatic carbocycles. The van der Waals surface area contributed by atoms with Crippen LogP contribution in [0.5, 0.6) is 0 Å². The van der Waals surface area contributed by atoms with Crippen molar-refractivity contribution >= 4 is 16.8 Å². The lowest BCUT2D eigenvalue weighted by molar-refractivity contribution is 0.0749. The number of carbonyl (C=O) groups is 1. The molecule has 0 radical (unpaired) electrons. The molecule has 4 rings (SSSR count). The van der Waals surface area contributed by atoms with Crippen LogP contribution in [0.15, 0.2) is 30.6 Å². The molecular weight excluding hydrogens is 336 g/mol. The highest BCUT2D eigenvalue weighted by atomic mass is 16.2. The first-order valence-corrected chi connectivity index (χ1v) is 9.73. The van der Waals surface area contributed by atoms with Gasteiger partial charge in [0.25, 0.3) is 5.91 Å². The van der Waals surface area contributed by atoms with Gasteiger partial charge in [0.2, 0.25) is 0 Å². The predicted molar refractivity (Wildman–Crippen MR) is 108 cm³/mol. The summed E-state index contributed by atoms with van der Waals surface area (Å²) in [7, 11) is 0. The largest absolute Gasteiger partial charge is 0.336 e. The van der Waals surface area contributed by atoms with Gasteiger partial charge in [0.15, 0.2) is 0 Å². The molecule has 2 aromatic heterocycles. The summed E-state index contributed by atoms with van der Waals surface area (Å²) in [5.41, 5.74) is 5.64. The first-order chi connectivity index (χ1) is 13.0. The number of rotatable bonds is 3. The Bertz CT molecular complexity index is 1020. The molecule has 1 fully saturated rings. The van der Waals surface area contributed by atoms with Crippen LogP contribution in [0.3, 0.4) is 0 Å². The van der Waals surface area contributed by atoms with Gasteiger partial charge >= 0.3 is 0 Å². The molecule has 1 saturated heterocycles. The summed E-state index contributed by atoms with van der Waals surface area (Å²) in [5, 5.41) is 5.34. The van der Waals surface area contributed by atoms with E-state index in [0.717, 1.165) is 64.8 Å². The summed E-state index contributed by atoms with van der Waals surface area (Å²) < 4.78 is 1.88. The van der Waals surface area contributed by atoms with E-state index in [4.69, 9.17) is 4.98 Å². The molecule has 3 heterocycles. The normalized spacial score (nSPS) is 17.0. The molecule has 1 amide bonds. The lowest BCUT2D eigenvalue weighted by atomic mass is 9.98. The molecule has 27 heavy (non-hydrogen) atoms. The van der Waals surface area contributed by atoms with Crippen molar-refractivity contribution in [2.45, 2.75) is 53.1 Å². The van der Waals surface area contributed by atoms with Crippen molar-refractivity contribution in [3.63, 3.8) is 0 Å². The van der Waals surface area contributed by atoms with Gasteiger partial charge < -0.3 is 4.90 Å². The number of aromatic nitrogens is 3. The van der Waals surface area contributed by atoms with Gasteiger partial charge in [-0.3, -0.25) is 9.48 Å². The van der Waals surface area contributed by atoms with E-state index in [1.165, 1.54) is 0 Å². The van der Waals surface area contributed by atoms with Gasteiger partial charge in [0.1, 0.15) is 0 Å². The smallest absolute Gasteiger partial charge is 0.254 e. The Balaban J connectivity index is 1.93. The number of hydrogen-bond donors (Lipinski definition) is 0. The van der Waals surface area contributed by atoms with Crippen LogP contribution in [-0.2, 0) is 6.54 Å². The van der Waals surface area contributed by atoms with E-state index in [9.17, 15) is 4.79 Å². The maximum absolute atomic E-state index is 13.4. The van der Waals surface area contributed by atoms with E-state index >= 15 is 0 Å².